The van der Waals surface area contributed by atoms with Crippen LogP contribution in [0.1, 0.15) is 36.0 Å². The van der Waals surface area contributed by atoms with Crippen LogP contribution >= 0.6 is 0 Å². The summed E-state index contributed by atoms with van der Waals surface area (Å²) < 4.78 is 13.6. The van der Waals surface area contributed by atoms with E-state index in [-0.39, 0.29) is 30.0 Å². The van der Waals surface area contributed by atoms with Crippen LogP contribution in [0.5, 0.6) is 0 Å². The summed E-state index contributed by atoms with van der Waals surface area (Å²) in [6.07, 6.45) is 5.29. The largest absolute Gasteiger partial charge is 0.396 e. The van der Waals surface area contributed by atoms with E-state index in [1.54, 1.807) is 0 Å². The highest BCUT2D eigenvalue weighted by Crippen LogP contribution is 2.25. The number of aliphatic hydroxyl groups is 1. The quantitative estimate of drug-likeness (QED) is 0.809. The number of nitrogens with zero attached hydrogens (tertiary/aromatic N) is 1. The molecule has 0 spiro atoms. The number of aliphatic hydroxyl groups excluding tert-OH is 1. The minimum atomic E-state index is -0.473. The molecule has 0 aliphatic heterocycles. The van der Waals surface area contributed by atoms with Crippen LogP contribution in [0.15, 0.2) is 18.5 Å². The molecule has 0 radical (unpaired) electrons. The Morgan fingerprint density at radius 3 is 3.05 bits per heavy atom. The molecule has 112 valence electrons. The first-order valence-electron chi connectivity index (χ1n) is 7.23. The van der Waals surface area contributed by atoms with Crippen molar-refractivity contribution < 1.29 is 14.3 Å². The van der Waals surface area contributed by atoms with E-state index in [1.807, 2.05) is 0 Å². The van der Waals surface area contributed by atoms with E-state index in [9.17, 15) is 14.3 Å². The van der Waals surface area contributed by atoms with Gasteiger partial charge in [0.2, 0.25) is 0 Å². The Morgan fingerprint density at radius 1 is 1.43 bits per heavy atom. The Kier molecular flexibility index (Phi) is 3.88. The zero-order valence-corrected chi connectivity index (χ0v) is 11.6. The minimum absolute atomic E-state index is 0.0614. The molecule has 1 amide bonds. The Hall–Kier alpha value is -1.95. The molecule has 21 heavy (non-hydrogen) atoms. The number of aromatic amines is 1. The van der Waals surface area contributed by atoms with Crippen molar-refractivity contribution in [2.45, 2.75) is 31.7 Å². The number of H-pyrrole nitrogens is 1. The molecular weight excluding hydrogens is 273 g/mol. The second-order valence-electron chi connectivity index (χ2n) is 5.56. The summed E-state index contributed by atoms with van der Waals surface area (Å²) in [4.78, 5) is 19.3. The third-order valence-corrected chi connectivity index (χ3v) is 4.19. The Balaban J connectivity index is 1.85. The third kappa shape index (κ3) is 2.76. The van der Waals surface area contributed by atoms with Crippen molar-refractivity contribution in [3.8, 4) is 0 Å². The van der Waals surface area contributed by atoms with Gasteiger partial charge in [0.25, 0.3) is 5.91 Å². The normalized spacial score (nSPS) is 22.4. The summed E-state index contributed by atoms with van der Waals surface area (Å²) in [7, 11) is 0. The summed E-state index contributed by atoms with van der Waals surface area (Å²) in [5.41, 5.74) is 1.20. The molecule has 1 fully saturated rings. The van der Waals surface area contributed by atoms with Gasteiger partial charge in [0, 0.05) is 18.6 Å². The standard InChI is InChI=1S/C15H18FN3O2/c16-10-5-11(14-13(6-10)17-8-18-14)15(21)19-12-4-2-1-3-9(12)7-20/h5-6,8-9,12,20H,1-4,7H2,(H,17,18)(H,19,21)/t9-,12-/m0/s1. The number of aromatic nitrogens is 2. The van der Waals surface area contributed by atoms with Gasteiger partial charge in [-0.3, -0.25) is 4.79 Å². The lowest BCUT2D eigenvalue weighted by Crippen LogP contribution is -2.43. The lowest BCUT2D eigenvalue weighted by atomic mass is 9.85. The highest BCUT2D eigenvalue weighted by Gasteiger charge is 2.27. The lowest BCUT2D eigenvalue weighted by Gasteiger charge is -2.30. The predicted molar refractivity (Wildman–Crippen MR) is 76.3 cm³/mol. The topological polar surface area (TPSA) is 78.0 Å². The average molecular weight is 291 g/mol. The third-order valence-electron chi connectivity index (χ3n) is 4.19. The number of imidazole rings is 1. The summed E-state index contributed by atoms with van der Waals surface area (Å²) in [5.74, 6) is -0.734. The molecule has 0 saturated heterocycles. The van der Waals surface area contributed by atoms with Gasteiger partial charge >= 0.3 is 0 Å². The fourth-order valence-corrected chi connectivity index (χ4v) is 3.05. The van der Waals surface area contributed by atoms with E-state index in [1.165, 1.54) is 18.5 Å². The number of fused-ring (bicyclic) bond motifs is 1. The highest BCUT2D eigenvalue weighted by atomic mass is 19.1. The van der Waals surface area contributed by atoms with Crippen molar-refractivity contribution in [1.29, 1.82) is 0 Å². The number of benzene rings is 1. The zero-order chi connectivity index (χ0) is 14.8. The van der Waals surface area contributed by atoms with Gasteiger partial charge in [-0.15, -0.1) is 0 Å². The van der Waals surface area contributed by atoms with Crippen molar-refractivity contribution in [2.24, 2.45) is 5.92 Å². The smallest absolute Gasteiger partial charge is 0.253 e. The van der Waals surface area contributed by atoms with Crippen LogP contribution in [-0.2, 0) is 0 Å². The van der Waals surface area contributed by atoms with Crippen LogP contribution in [0.4, 0.5) is 4.39 Å². The number of rotatable bonds is 3. The van der Waals surface area contributed by atoms with Gasteiger partial charge in [0.05, 0.1) is 17.4 Å². The van der Waals surface area contributed by atoms with Gasteiger partial charge in [-0.1, -0.05) is 12.8 Å². The first-order valence-corrected chi connectivity index (χ1v) is 7.23. The molecule has 1 aromatic carbocycles. The van der Waals surface area contributed by atoms with Gasteiger partial charge in [0.15, 0.2) is 0 Å². The van der Waals surface area contributed by atoms with Crippen LogP contribution in [0.2, 0.25) is 0 Å². The summed E-state index contributed by atoms with van der Waals surface area (Å²) >= 11 is 0. The molecule has 0 bridgehead atoms. The van der Waals surface area contributed by atoms with Crippen LogP contribution in [0, 0.1) is 11.7 Å². The molecule has 0 unspecified atom stereocenters. The van der Waals surface area contributed by atoms with E-state index in [0.717, 1.165) is 25.7 Å². The molecule has 3 N–H and O–H groups in total. The van der Waals surface area contributed by atoms with Gasteiger partial charge in [-0.2, -0.15) is 0 Å². The Labute approximate surface area is 121 Å². The van der Waals surface area contributed by atoms with E-state index < -0.39 is 5.82 Å². The second-order valence-corrected chi connectivity index (χ2v) is 5.56. The first kappa shape index (κ1) is 14.0. The molecule has 2 aromatic rings. The number of carbonyl (C=O) groups excluding carboxylic acids is 1. The van der Waals surface area contributed by atoms with E-state index in [4.69, 9.17) is 0 Å². The predicted octanol–water partition coefficient (Wildman–Crippen LogP) is 1.98. The maximum Gasteiger partial charge on any atom is 0.253 e. The molecule has 1 saturated carbocycles. The van der Waals surface area contributed by atoms with Gasteiger partial charge < -0.3 is 15.4 Å². The molecule has 3 rings (SSSR count). The van der Waals surface area contributed by atoms with Gasteiger partial charge in [0.1, 0.15) is 11.3 Å². The number of carbonyl (C=O) groups is 1. The maximum absolute atomic E-state index is 13.6. The monoisotopic (exact) mass is 291 g/mol. The Morgan fingerprint density at radius 2 is 2.24 bits per heavy atom. The van der Waals surface area contributed by atoms with Crippen LogP contribution < -0.4 is 5.32 Å². The molecule has 1 aromatic heterocycles. The fourth-order valence-electron chi connectivity index (χ4n) is 3.05. The number of amides is 1. The average Bonchev–Trinajstić information content (AvgIpc) is 2.94. The van der Waals surface area contributed by atoms with E-state index in [2.05, 4.69) is 15.3 Å². The number of hydrogen-bond acceptors (Lipinski definition) is 3. The fraction of sp³-hybridized carbons (Fsp3) is 0.467. The van der Waals surface area contributed by atoms with Crippen molar-refractivity contribution in [2.75, 3.05) is 6.61 Å². The Bertz CT molecular complexity index is 655. The number of halogens is 1. The summed E-state index contributed by atoms with van der Waals surface area (Å²) in [6.45, 7) is 0.0614. The van der Waals surface area contributed by atoms with Crippen molar-refractivity contribution in [3.63, 3.8) is 0 Å². The number of hydrogen-bond donors (Lipinski definition) is 3. The molecule has 1 aliphatic carbocycles. The molecule has 1 heterocycles. The molecule has 2 atom stereocenters. The van der Waals surface area contributed by atoms with Crippen LogP contribution in [-0.4, -0.2) is 33.6 Å². The molecular formula is C15H18FN3O2. The van der Waals surface area contributed by atoms with Crippen molar-refractivity contribution >= 4 is 16.9 Å². The van der Waals surface area contributed by atoms with Gasteiger partial charge in [-0.05, 0) is 25.0 Å². The van der Waals surface area contributed by atoms with Crippen molar-refractivity contribution in [3.05, 3.63) is 29.8 Å². The number of nitrogens with one attached hydrogen (secondary N) is 2. The first-order chi connectivity index (χ1) is 10.2. The highest BCUT2D eigenvalue weighted by molar-refractivity contribution is 6.04. The van der Waals surface area contributed by atoms with Crippen LogP contribution in [0.3, 0.4) is 0 Å². The summed E-state index contributed by atoms with van der Waals surface area (Å²) in [5, 5.41) is 12.3. The molecule has 6 heteroatoms. The van der Waals surface area contributed by atoms with E-state index in [0.29, 0.717) is 11.0 Å². The second kappa shape index (κ2) is 5.81. The maximum atomic E-state index is 13.6. The SMILES string of the molecule is O=C(N[C@H]1CCCC[C@H]1CO)c1cc(F)cc2[nH]cnc12. The van der Waals surface area contributed by atoms with Crippen molar-refractivity contribution in [1.82, 2.24) is 15.3 Å². The minimum Gasteiger partial charge on any atom is -0.396 e. The van der Waals surface area contributed by atoms with Crippen LogP contribution in [0.25, 0.3) is 11.0 Å². The van der Waals surface area contributed by atoms with E-state index >= 15 is 0 Å². The van der Waals surface area contributed by atoms with Gasteiger partial charge in [-0.25, -0.2) is 9.37 Å². The molecule has 1 aliphatic rings. The zero-order valence-electron chi connectivity index (χ0n) is 11.6. The molecule has 5 nitrogen and oxygen atoms in total. The summed E-state index contributed by atoms with van der Waals surface area (Å²) in [6, 6.07) is 2.46. The lowest BCUT2D eigenvalue weighted by molar-refractivity contribution is 0.0873.